The van der Waals surface area contributed by atoms with Crippen molar-refractivity contribution < 1.29 is 14.6 Å². The quantitative estimate of drug-likeness (QED) is 0.576. The Balaban J connectivity index is 1.92. The van der Waals surface area contributed by atoms with Gasteiger partial charge in [-0.1, -0.05) is 71.7 Å². The SMILES string of the molecule is O=C(O)Cc1cc(-c2cccc(Cl)c2Cl)ccc1OCc1ccccc1. The summed E-state index contributed by atoms with van der Waals surface area (Å²) in [7, 11) is 0. The van der Waals surface area contributed by atoms with E-state index in [1.807, 2.05) is 42.5 Å². The van der Waals surface area contributed by atoms with Gasteiger partial charge in [-0.25, -0.2) is 0 Å². The molecule has 0 aliphatic heterocycles. The fourth-order valence-electron chi connectivity index (χ4n) is 2.65. The second-order valence-corrected chi connectivity index (χ2v) is 6.55. The zero-order chi connectivity index (χ0) is 18.5. The first-order valence-electron chi connectivity index (χ1n) is 8.00. The topological polar surface area (TPSA) is 46.5 Å². The zero-order valence-electron chi connectivity index (χ0n) is 13.8. The first kappa shape index (κ1) is 18.3. The fourth-order valence-corrected chi connectivity index (χ4v) is 3.06. The van der Waals surface area contributed by atoms with Crippen LogP contribution in [0.5, 0.6) is 5.75 Å². The molecule has 132 valence electrons. The summed E-state index contributed by atoms with van der Waals surface area (Å²) >= 11 is 12.4. The van der Waals surface area contributed by atoms with Crippen LogP contribution in [0.25, 0.3) is 11.1 Å². The lowest BCUT2D eigenvalue weighted by Gasteiger charge is -2.13. The van der Waals surface area contributed by atoms with Gasteiger partial charge in [0.05, 0.1) is 16.5 Å². The van der Waals surface area contributed by atoms with Crippen LogP contribution < -0.4 is 4.74 Å². The summed E-state index contributed by atoms with van der Waals surface area (Å²) < 4.78 is 5.85. The first-order chi connectivity index (χ1) is 12.5. The number of halogens is 2. The number of hydrogen-bond acceptors (Lipinski definition) is 2. The van der Waals surface area contributed by atoms with Crippen molar-refractivity contribution in [3.05, 3.63) is 87.9 Å². The lowest BCUT2D eigenvalue weighted by Crippen LogP contribution is -2.04. The van der Waals surface area contributed by atoms with Crippen molar-refractivity contribution in [2.45, 2.75) is 13.0 Å². The van der Waals surface area contributed by atoms with Crippen LogP contribution >= 0.6 is 23.2 Å². The molecule has 0 bridgehead atoms. The van der Waals surface area contributed by atoms with Gasteiger partial charge >= 0.3 is 5.97 Å². The molecule has 0 spiro atoms. The van der Waals surface area contributed by atoms with Crippen molar-refractivity contribution in [2.75, 3.05) is 0 Å². The Morgan fingerprint density at radius 3 is 2.46 bits per heavy atom. The van der Waals surface area contributed by atoms with E-state index >= 15 is 0 Å². The molecule has 0 saturated heterocycles. The minimum absolute atomic E-state index is 0.143. The van der Waals surface area contributed by atoms with Gasteiger partial charge in [-0.2, -0.15) is 0 Å². The third kappa shape index (κ3) is 4.37. The lowest BCUT2D eigenvalue weighted by atomic mass is 10.0. The van der Waals surface area contributed by atoms with Crippen LogP contribution in [0.3, 0.4) is 0 Å². The summed E-state index contributed by atoms with van der Waals surface area (Å²) in [5.74, 6) is -0.387. The van der Waals surface area contributed by atoms with Gasteiger partial charge in [-0.05, 0) is 29.3 Å². The third-order valence-corrected chi connectivity index (χ3v) is 4.72. The highest BCUT2D eigenvalue weighted by Gasteiger charge is 2.13. The van der Waals surface area contributed by atoms with Crippen LogP contribution in [0.4, 0.5) is 0 Å². The molecule has 3 aromatic carbocycles. The molecule has 0 radical (unpaired) electrons. The molecule has 0 saturated carbocycles. The normalized spacial score (nSPS) is 10.5. The minimum atomic E-state index is -0.927. The van der Waals surface area contributed by atoms with Gasteiger partial charge in [0, 0.05) is 11.1 Å². The highest BCUT2D eigenvalue weighted by atomic mass is 35.5. The predicted octanol–water partition coefficient (Wildman–Crippen LogP) is 5.87. The van der Waals surface area contributed by atoms with E-state index in [9.17, 15) is 9.90 Å². The maximum Gasteiger partial charge on any atom is 0.307 e. The van der Waals surface area contributed by atoms with E-state index in [-0.39, 0.29) is 6.42 Å². The van der Waals surface area contributed by atoms with Crippen molar-refractivity contribution in [1.82, 2.24) is 0 Å². The van der Waals surface area contributed by atoms with Crippen molar-refractivity contribution in [3.63, 3.8) is 0 Å². The average molecular weight is 387 g/mol. The molecular weight excluding hydrogens is 371 g/mol. The molecule has 0 aliphatic carbocycles. The first-order valence-corrected chi connectivity index (χ1v) is 8.76. The van der Waals surface area contributed by atoms with E-state index < -0.39 is 5.97 Å². The fraction of sp³-hybridized carbons (Fsp3) is 0.0952. The molecule has 26 heavy (non-hydrogen) atoms. The van der Waals surface area contributed by atoms with Gasteiger partial charge in [0.25, 0.3) is 0 Å². The number of carboxylic acids is 1. The van der Waals surface area contributed by atoms with Crippen LogP contribution in [0.15, 0.2) is 66.7 Å². The van der Waals surface area contributed by atoms with Gasteiger partial charge in [0.15, 0.2) is 0 Å². The number of aliphatic carboxylic acids is 1. The summed E-state index contributed by atoms with van der Waals surface area (Å²) in [6.45, 7) is 0.366. The van der Waals surface area contributed by atoms with E-state index in [0.717, 1.165) is 16.7 Å². The summed E-state index contributed by atoms with van der Waals surface area (Å²) in [5, 5.41) is 10.1. The Labute approximate surface area is 161 Å². The summed E-state index contributed by atoms with van der Waals surface area (Å²) in [5.41, 5.74) is 3.14. The van der Waals surface area contributed by atoms with E-state index in [1.165, 1.54) is 0 Å². The highest BCUT2D eigenvalue weighted by Crippen LogP contribution is 2.35. The van der Waals surface area contributed by atoms with Crippen LogP contribution in [0.1, 0.15) is 11.1 Å². The van der Waals surface area contributed by atoms with Gasteiger partial charge in [0.1, 0.15) is 12.4 Å². The van der Waals surface area contributed by atoms with Crippen molar-refractivity contribution in [1.29, 1.82) is 0 Å². The van der Waals surface area contributed by atoms with Gasteiger partial charge in [0.2, 0.25) is 0 Å². The van der Waals surface area contributed by atoms with Crippen LogP contribution in [-0.2, 0) is 17.8 Å². The Bertz CT molecular complexity index is 924. The smallest absolute Gasteiger partial charge is 0.307 e. The number of rotatable bonds is 6. The van der Waals surface area contributed by atoms with Crippen molar-refractivity contribution in [3.8, 4) is 16.9 Å². The monoisotopic (exact) mass is 386 g/mol. The Hall–Kier alpha value is -2.49. The van der Waals surface area contributed by atoms with Crippen LogP contribution in [-0.4, -0.2) is 11.1 Å². The van der Waals surface area contributed by atoms with Gasteiger partial charge in [-0.3, -0.25) is 4.79 Å². The largest absolute Gasteiger partial charge is 0.489 e. The van der Waals surface area contributed by atoms with E-state index in [2.05, 4.69) is 0 Å². The van der Waals surface area contributed by atoms with E-state index in [1.54, 1.807) is 24.3 Å². The summed E-state index contributed by atoms with van der Waals surface area (Å²) in [4.78, 5) is 11.3. The van der Waals surface area contributed by atoms with Gasteiger partial charge in [-0.15, -0.1) is 0 Å². The van der Waals surface area contributed by atoms with Crippen LogP contribution in [0.2, 0.25) is 10.0 Å². The molecule has 0 amide bonds. The number of carboxylic acid groups (broad SMARTS) is 1. The molecule has 0 aromatic heterocycles. The molecular formula is C21H16Cl2O3. The molecule has 5 heteroatoms. The number of benzene rings is 3. The molecule has 3 aromatic rings. The second-order valence-electron chi connectivity index (χ2n) is 5.77. The van der Waals surface area contributed by atoms with Crippen molar-refractivity contribution in [2.24, 2.45) is 0 Å². The molecule has 0 atom stereocenters. The van der Waals surface area contributed by atoms with Crippen molar-refractivity contribution >= 4 is 29.2 Å². The summed E-state index contributed by atoms with van der Waals surface area (Å²) in [6.07, 6.45) is -0.143. The Morgan fingerprint density at radius 1 is 0.962 bits per heavy atom. The third-order valence-electron chi connectivity index (χ3n) is 3.90. The Morgan fingerprint density at radius 2 is 1.73 bits per heavy atom. The minimum Gasteiger partial charge on any atom is -0.489 e. The Kier molecular flexibility index (Phi) is 5.82. The van der Waals surface area contributed by atoms with E-state index in [4.69, 9.17) is 27.9 Å². The number of carbonyl (C=O) groups is 1. The lowest BCUT2D eigenvalue weighted by molar-refractivity contribution is -0.136. The maximum atomic E-state index is 11.3. The predicted molar refractivity (Wildman–Crippen MR) is 104 cm³/mol. The molecule has 3 nitrogen and oxygen atoms in total. The second kappa shape index (κ2) is 8.26. The molecule has 0 heterocycles. The average Bonchev–Trinajstić information content (AvgIpc) is 2.63. The van der Waals surface area contributed by atoms with Crippen LogP contribution in [0, 0.1) is 0 Å². The maximum absolute atomic E-state index is 11.3. The highest BCUT2D eigenvalue weighted by molar-refractivity contribution is 6.43. The molecule has 3 rings (SSSR count). The molecule has 1 N–H and O–H groups in total. The molecule has 0 fully saturated rings. The van der Waals surface area contributed by atoms with Gasteiger partial charge < -0.3 is 9.84 Å². The summed E-state index contributed by atoms with van der Waals surface area (Å²) in [6, 6.07) is 20.5. The van der Waals surface area contributed by atoms with E-state index in [0.29, 0.717) is 28.0 Å². The zero-order valence-corrected chi connectivity index (χ0v) is 15.3. The number of hydrogen-bond donors (Lipinski definition) is 1. The molecule has 0 aliphatic rings. The standard InChI is InChI=1S/C21H16Cl2O3/c22-18-8-4-7-17(21(18)23)15-9-10-19(16(11-15)12-20(24)25)26-13-14-5-2-1-3-6-14/h1-11H,12-13H2,(H,24,25). The number of ether oxygens (including phenoxy) is 1. The molecule has 0 unspecified atom stereocenters.